The van der Waals surface area contributed by atoms with Gasteiger partial charge in [0.2, 0.25) is 5.91 Å². The van der Waals surface area contributed by atoms with Crippen LogP contribution in [-0.4, -0.2) is 37.0 Å². The average Bonchev–Trinajstić information content (AvgIpc) is 2.98. The fraction of sp³-hybridized carbons (Fsp3) is 0.562. The van der Waals surface area contributed by atoms with Gasteiger partial charge in [-0.15, -0.1) is 0 Å². The Morgan fingerprint density at radius 3 is 2.85 bits per heavy atom. The Balaban J connectivity index is 1.70. The van der Waals surface area contributed by atoms with Crippen molar-refractivity contribution >= 4 is 5.91 Å². The highest BCUT2D eigenvalue weighted by Gasteiger charge is 2.18. The number of benzene rings is 1. The smallest absolute Gasteiger partial charge is 0.248 e. The lowest BCUT2D eigenvalue weighted by atomic mass is 10.1. The predicted molar refractivity (Wildman–Crippen MR) is 81.6 cm³/mol. The standard InChI is InChI=1S/C16H25N3O/c1-19(15-7-2-3-8-15)10-9-18-12-13-5-4-6-14(11-13)16(17)20/h4-6,11,15,18H,2-3,7-10,12H2,1H3,(H2,17,20). The van der Waals surface area contributed by atoms with Crippen molar-refractivity contribution in [1.82, 2.24) is 10.2 Å². The van der Waals surface area contributed by atoms with Crippen molar-refractivity contribution < 1.29 is 4.79 Å². The second-order valence-corrected chi connectivity index (χ2v) is 5.66. The van der Waals surface area contributed by atoms with E-state index in [-0.39, 0.29) is 5.91 Å². The number of primary amides is 1. The molecule has 0 heterocycles. The Bertz CT molecular complexity index is 441. The Labute approximate surface area is 121 Å². The Kier molecular flexibility index (Phi) is 5.56. The molecule has 0 unspecified atom stereocenters. The first-order chi connectivity index (χ1) is 9.66. The van der Waals surface area contributed by atoms with Gasteiger partial charge in [-0.3, -0.25) is 4.79 Å². The molecule has 1 aromatic carbocycles. The van der Waals surface area contributed by atoms with Crippen molar-refractivity contribution in [1.29, 1.82) is 0 Å². The number of carbonyl (C=O) groups is 1. The van der Waals surface area contributed by atoms with E-state index in [9.17, 15) is 4.79 Å². The minimum Gasteiger partial charge on any atom is -0.366 e. The largest absolute Gasteiger partial charge is 0.366 e. The Hall–Kier alpha value is -1.39. The molecule has 110 valence electrons. The Morgan fingerprint density at radius 2 is 2.15 bits per heavy atom. The monoisotopic (exact) mass is 275 g/mol. The van der Waals surface area contributed by atoms with E-state index >= 15 is 0 Å². The van der Waals surface area contributed by atoms with Crippen LogP contribution < -0.4 is 11.1 Å². The van der Waals surface area contributed by atoms with Crippen LogP contribution in [0.15, 0.2) is 24.3 Å². The first-order valence-electron chi connectivity index (χ1n) is 7.46. The molecule has 0 radical (unpaired) electrons. The number of amides is 1. The van der Waals surface area contributed by atoms with Gasteiger partial charge in [-0.1, -0.05) is 25.0 Å². The van der Waals surface area contributed by atoms with Crippen LogP contribution in [0.2, 0.25) is 0 Å². The van der Waals surface area contributed by atoms with Crippen molar-refractivity contribution in [2.24, 2.45) is 5.73 Å². The van der Waals surface area contributed by atoms with Crippen molar-refractivity contribution in [2.75, 3.05) is 20.1 Å². The van der Waals surface area contributed by atoms with Gasteiger partial charge < -0.3 is 16.0 Å². The van der Waals surface area contributed by atoms with Crippen molar-refractivity contribution in [3.05, 3.63) is 35.4 Å². The third-order valence-corrected chi connectivity index (χ3v) is 4.13. The number of carbonyl (C=O) groups excluding carboxylic acids is 1. The lowest BCUT2D eigenvalue weighted by Gasteiger charge is -2.24. The highest BCUT2D eigenvalue weighted by Crippen LogP contribution is 2.21. The minimum atomic E-state index is -0.368. The lowest BCUT2D eigenvalue weighted by Crippen LogP contribution is -2.35. The number of hydrogen-bond acceptors (Lipinski definition) is 3. The molecule has 4 heteroatoms. The summed E-state index contributed by atoms with van der Waals surface area (Å²) in [6, 6.07) is 8.27. The topological polar surface area (TPSA) is 58.4 Å². The van der Waals surface area contributed by atoms with Gasteiger partial charge in [0.1, 0.15) is 0 Å². The molecule has 1 amide bonds. The van der Waals surface area contributed by atoms with E-state index in [2.05, 4.69) is 17.3 Å². The normalized spacial score (nSPS) is 15.9. The summed E-state index contributed by atoms with van der Waals surface area (Å²) in [4.78, 5) is 13.6. The van der Waals surface area contributed by atoms with Crippen LogP contribution in [0.4, 0.5) is 0 Å². The van der Waals surface area contributed by atoms with Crippen LogP contribution >= 0.6 is 0 Å². The van der Waals surface area contributed by atoms with Gasteiger partial charge in [-0.2, -0.15) is 0 Å². The highest BCUT2D eigenvalue weighted by molar-refractivity contribution is 5.92. The molecule has 0 spiro atoms. The van der Waals surface area contributed by atoms with Gasteiger partial charge in [0.05, 0.1) is 0 Å². The summed E-state index contributed by atoms with van der Waals surface area (Å²) in [7, 11) is 2.21. The van der Waals surface area contributed by atoms with E-state index in [1.807, 2.05) is 18.2 Å². The Morgan fingerprint density at radius 1 is 1.40 bits per heavy atom. The van der Waals surface area contributed by atoms with Gasteiger partial charge in [-0.25, -0.2) is 0 Å². The fourth-order valence-electron chi connectivity index (χ4n) is 2.85. The first-order valence-corrected chi connectivity index (χ1v) is 7.46. The number of rotatable bonds is 7. The quantitative estimate of drug-likeness (QED) is 0.745. The van der Waals surface area contributed by atoms with E-state index in [0.717, 1.165) is 31.2 Å². The summed E-state index contributed by atoms with van der Waals surface area (Å²) >= 11 is 0. The van der Waals surface area contributed by atoms with E-state index in [1.165, 1.54) is 25.7 Å². The minimum absolute atomic E-state index is 0.368. The number of nitrogens with two attached hydrogens (primary N) is 1. The highest BCUT2D eigenvalue weighted by atomic mass is 16.1. The first kappa shape index (κ1) is 15.0. The molecule has 0 atom stereocenters. The molecule has 1 aliphatic rings. The zero-order chi connectivity index (χ0) is 14.4. The SMILES string of the molecule is CN(CCNCc1cccc(C(N)=O)c1)C1CCCC1. The summed E-state index contributed by atoms with van der Waals surface area (Å²) in [5.74, 6) is -0.368. The summed E-state index contributed by atoms with van der Waals surface area (Å²) in [5.41, 5.74) is 6.96. The number of hydrogen-bond donors (Lipinski definition) is 2. The van der Waals surface area contributed by atoms with E-state index in [0.29, 0.717) is 5.56 Å². The van der Waals surface area contributed by atoms with Crippen LogP contribution in [0.3, 0.4) is 0 Å². The van der Waals surface area contributed by atoms with E-state index < -0.39 is 0 Å². The van der Waals surface area contributed by atoms with Gasteiger partial charge in [0.15, 0.2) is 0 Å². The van der Waals surface area contributed by atoms with E-state index in [1.54, 1.807) is 6.07 Å². The number of nitrogens with one attached hydrogen (secondary N) is 1. The van der Waals surface area contributed by atoms with Gasteiger partial charge in [-0.05, 0) is 37.6 Å². The second kappa shape index (κ2) is 7.41. The molecular weight excluding hydrogens is 250 g/mol. The van der Waals surface area contributed by atoms with Gasteiger partial charge in [0, 0.05) is 31.2 Å². The zero-order valence-electron chi connectivity index (χ0n) is 12.3. The molecule has 0 saturated heterocycles. The summed E-state index contributed by atoms with van der Waals surface area (Å²) < 4.78 is 0. The second-order valence-electron chi connectivity index (χ2n) is 5.66. The molecule has 1 aromatic rings. The van der Waals surface area contributed by atoms with Crippen LogP contribution in [0.5, 0.6) is 0 Å². The molecule has 2 rings (SSSR count). The molecule has 1 aliphatic carbocycles. The molecule has 1 saturated carbocycles. The van der Waals surface area contributed by atoms with Crippen LogP contribution in [0.25, 0.3) is 0 Å². The van der Waals surface area contributed by atoms with Gasteiger partial charge in [0.25, 0.3) is 0 Å². The maximum atomic E-state index is 11.1. The maximum Gasteiger partial charge on any atom is 0.248 e. The number of likely N-dealkylation sites (N-methyl/N-ethyl adjacent to an activating group) is 1. The molecule has 0 bridgehead atoms. The zero-order valence-corrected chi connectivity index (χ0v) is 12.3. The fourth-order valence-corrected chi connectivity index (χ4v) is 2.85. The number of nitrogens with zero attached hydrogens (tertiary/aromatic N) is 1. The van der Waals surface area contributed by atoms with Crippen LogP contribution in [-0.2, 0) is 6.54 Å². The van der Waals surface area contributed by atoms with Crippen molar-refractivity contribution in [2.45, 2.75) is 38.3 Å². The van der Waals surface area contributed by atoms with Crippen LogP contribution in [0, 0.1) is 0 Å². The molecule has 3 N–H and O–H groups in total. The molecular formula is C16H25N3O. The molecule has 0 aliphatic heterocycles. The third kappa shape index (κ3) is 4.32. The van der Waals surface area contributed by atoms with Gasteiger partial charge >= 0.3 is 0 Å². The average molecular weight is 275 g/mol. The third-order valence-electron chi connectivity index (χ3n) is 4.13. The summed E-state index contributed by atoms with van der Waals surface area (Å²) in [5, 5.41) is 3.43. The molecule has 20 heavy (non-hydrogen) atoms. The summed E-state index contributed by atoms with van der Waals surface area (Å²) in [6.45, 7) is 2.81. The maximum absolute atomic E-state index is 11.1. The van der Waals surface area contributed by atoms with E-state index in [4.69, 9.17) is 5.73 Å². The van der Waals surface area contributed by atoms with Crippen molar-refractivity contribution in [3.8, 4) is 0 Å². The van der Waals surface area contributed by atoms with Crippen LogP contribution in [0.1, 0.15) is 41.6 Å². The molecule has 0 aromatic heterocycles. The molecule has 1 fully saturated rings. The lowest BCUT2D eigenvalue weighted by molar-refractivity contribution is 0.1000. The summed E-state index contributed by atoms with van der Waals surface area (Å²) in [6.07, 6.45) is 5.44. The predicted octanol–water partition coefficient (Wildman–Crippen LogP) is 1.75. The molecule has 4 nitrogen and oxygen atoms in total. The van der Waals surface area contributed by atoms with Crippen molar-refractivity contribution in [3.63, 3.8) is 0 Å².